The fraction of sp³-hybridized carbons (Fsp3) is 0.154. The number of benzene rings is 9. The van der Waals surface area contributed by atoms with Crippen molar-refractivity contribution in [1.29, 1.82) is 0 Å². The van der Waals surface area contributed by atoms with Crippen molar-refractivity contribution in [2.75, 3.05) is 4.90 Å². The lowest BCUT2D eigenvalue weighted by atomic mass is 9.61. The molecule has 0 N–H and O–H groups in total. The molecular formula is C52H41N. The molecule has 0 saturated heterocycles. The second kappa shape index (κ2) is 11.3. The molecule has 0 aromatic heterocycles. The maximum Gasteiger partial charge on any atom is 0.0518 e. The number of hydrogen-bond donors (Lipinski definition) is 0. The molecule has 53 heavy (non-hydrogen) atoms. The van der Waals surface area contributed by atoms with Gasteiger partial charge >= 0.3 is 0 Å². The van der Waals surface area contributed by atoms with E-state index in [2.05, 4.69) is 183 Å². The van der Waals surface area contributed by atoms with Crippen molar-refractivity contribution in [3.63, 3.8) is 0 Å². The molecule has 1 heteroatoms. The van der Waals surface area contributed by atoms with E-state index in [1.54, 1.807) is 0 Å². The van der Waals surface area contributed by atoms with Gasteiger partial charge in [0.2, 0.25) is 0 Å². The Morgan fingerprint density at radius 2 is 1.04 bits per heavy atom. The fourth-order valence-electron chi connectivity index (χ4n) is 10.5. The van der Waals surface area contributed by atoms with Gasteiger partial charge in [-0.1, -0.05) is 159 Å². The first kappa shape index (κ1) is 30.7. The van der Waals surface area contributed by atoms with Crippen LogP contribution in [0, 0.1) is 0 Å². The van der Waals surface area contributed by atoms with Crippen LogP contribution in [-0.2, 0) is 5.41 Å². The predicted octanol–water partition coefficient (Wildman–Crippen LogP) is 14.5. The Balaban J connectivity index is 1.19. The third-order valence-corrected chi connectivity index (χ3v) is 13.4. The van der Waals surface area contributed by atoms with E-state index in [1.807, 2.05) is 0 Å². The first-order chi connectivity index (χ1) is 26.0. The molecule has 11 rings (SSSR count). The zero-order chi connectivity index (χ0) is 35.3. The summed E-state index contributed by atoms with van der Waals surface area (Å²) in [5, 5.41) is 10.6. The summed E-state index contributed by atoms with van der Waals surface area (Å²) in [5.74, 6) is 0. The fourth-order valence-corrected chi connectivity index (χ4v) is 10.5. The topological polar surface area (TPSA) is 3.24 Å². The molecule has 0 radical (unpaired) electrons. The van der Waals surface area contributed by atoms with E-state index >= 15 is 0 Å². The zero-order valence-corrected chi connectivity index (χ0v) is 30.4. The average Bonchev–Trinajstić information content (AvgIpc) is 3.42. The van der Waals surface area contributed by atoms with Gasteiger partial charge in [0.25, 0.3) is 0 Å². The Hall–Kier alpha value is -5.92. The summed E-state index contributed by atoms with van der Waals surface area (Å²) in [6, 6.07) is 61.6. The zero-order valence-electron chi connectivity index (χ0n) is 30.4. The van der Waals surface area contributed by atoms with Crippen molar-refractivity contribution in [3.05, 3.63) is 169 Å². The molecule has 1 nitrogen and oxygen atoms in total. The lowest BCUT2D eigenvalue weighted by molar-refractivity contribution is 0.195. The number of fused-ring (bicyclic) bond motifs is 4. The monoisotopic (exact) mass is 679 g/mol. The van der Waals surface area contributed by atoms with Gasteiger partial charge in [-0.3, -0.25) is 0 Å². The summed E-state index contributed by atoms with van der Waals surface area (Å²) in [4.78, 5) is 2.73. The van der Waals surface area contributed by atoms with E-state index < -0.39 is 0 Å². The first-order valence-electron chi connectivity index (χ1n) is 19.3. The van der Waals surface area contributed by atoms with Crippen LogP contribution in [-0.4, -0.2) is 5.54 Å². The van der Waals surface area contributed by atoms with Gasteiger partial charge in [0.15, 0.2) is 0 Å². The molecule has 0 spiro atoms. The van der Waals surface area contributed by atoms with Gasteiger partial charge in [-0.25, -0.2) is 0 Å². The third-order valence-electron chi connectivity index (χ3n) is 13.4. The molecule has 2 unspecified atom stereocenters. The quantitative estimate of drug-likeness (QED) is 0.167. The molecule has 0 amide bonds. The van der Waals surface area contributed by atoms with Gasteiger partial charge < -0.3 is 4.90 Å². The third kappa shape index (κ3) is 4.25. The van der Waals surface area contributed by atoms with Gasteiger partial charge in [-0.15, -0.1) is 0 Å². The minimum Gasteiger partial charge on any atom is -0.334 e. The maximum absolute atomic E-state index is 2.73. The van der Waals surface area contributed by atoms with Crippen molar-refractivity contribution < 1.29 is 0 Å². The van der Waals surface area contributed by atoms with Gasteiger partial charge in [-0.2, -0.15) is 0 Å². The Morgan fingerprint density at radius 3 is 1.83 bits per heavy atom. The van der Waals surface area contributed by atoms with Crippen LogP contribution in [0.1, 0.15) is 45.1 Å². The highest BCUT2D eigenvalue weighted by atomic mass is 15.3. The van der Waals surface area contributed by atoms with Crippen LogP contribution in [0.2, 0.25) is 0 Å². The minimum atomic E-state index is -0.0258. The standard InChI is InChI=1S/C52H41N/c1-51-30-11-12-31-52(51,2)53(47-21-13-19-35-18-9-10-20-40(35)47)48-29-24-38(32-46(48)51)45-33-44(36-16-7-4-8-17-36)42-26-23-37-22-25-39(34-14-5-3-6-15-34)41-27-28-43(45)50(42)49(37)41/h3-10,13-29,32-33H,11-12,30-31H2,1-2H3. The van der Waals surface area contributed by atoms with Crippen LogP contribution >= 0.6 is 0 Å². The summed E-state index contributed by atoms with van der Waals surface area (Å²) >= 11 is 0. The van der Waals surface area contributed by atoms with Gasteiger partial charge in [-0.05, 0) is 121 Å². The van der Waals surface area contributed by atoms with Crippen molar-refractivity contribution in [2.24, 2.45) is 0 Å². The van der Waals surface area contributed by atoms with Crippen molar-refractivity contribution in [1.82, 2.24) is 0 Å². The summed E-state index contributed by atoms with van der Waals surface area (Å²) in [6.07, 6.45) is 4.89. The molecule has 1 fully saturated rings. The molecule has 0 bridgehead atoms. The van der Waals surface area contributed by atoms with Crippen molar-refractivity contribution in [3.8, 4) is 33.4 Å². The summed E-state index contributed by atoms with van der Waals surface area (Å²) < 4.78 is 0. The molecule has 2 aliphatic rings. The highest BCUT2D eigenvalue weighted by Crippen LogP contribution is 2.62. The highest BCUT2D eigenvalue weighted by Gasteiger charge is 2.57. The van der Waals surface area contributed by atoms with Crippen LogP contribution < -0.4 is 4.90 Å². The summed E-state index contributed by atoms with van der Waals surface area (Å²) in [6.45, 7) is 5.10. The highest BCUT2D eigenvalue weighted by molar-refractivity contribution is 6.30. The first-order valence-corrected chi connectivity index (χ1v) is 19.3. The molecule has 1 aliphatic carbocycles. The van der Waals surface area contributed by atoms with E-state index in [4.69, 9.17) is 0 Å². The van der Waals surface area contributed by atoms with Gasteiger partial charge in [0.1, 0.15) is 0 Å². The molecule has 254 valence electrons. The number of anilines is 2. The second-order valence-electron chi connectivity index (χ2n) is 15.9. The van der Waals surface area contributed by atoms with Crippen LogP contribution in [0.25, 0.3) is 76.5 Å². The van der Waals surface area contributed by atoms with E-state index in [0.717, 1.165) is 0 Å². The SMILES string of the molecule is CC12CCCCC1(C)N(c1cccc3ccccc13)c1ccc(-c3cc(-c4ccccc4)c4ccc5ccc(-c6ccccc6)c6ccc3c4c56)cc12. The molecule has 9 aromatic rings. The maximum atomic E-state index is 2.73. The van der Waals surface area contributed by atoms with E-state index in [-0.39, 0.29) is 11.0 Å². The Kier molecular flexibility index (Phi) is 6.54. The van der Waals surface area contributed by atoms with Crippen LogP contribution in [0.15, 0.2) is 164 Å². The van der Waals surface area contributed by atoms with Gasteiger partial charge in [0, 0.05) is 22.2 Å². The van der Waals surface area contributed by atoms with Gasteiger partial charge in [0.05, 0.1) is 5.54 Å². The van der Waals surface area contributed by atoms with Crippen molar-refractivity contribution in [2.45, 2.75) is 50.5 Å². The minimum absolute atomic E-state index is 0.0180. The molecular weight excluding hydrogens is 639 g/mol. The molecule has 2 atom stereocenters. The lowest BCUT2D eigenvalue weighted by Gasteiger charge is -2.50. The Labute approximate surface area is 311 Å². The van der Waals surface area contributed by atoms with Crippen LogP contribution in [0.3, 0.4) is 0 Å². The normalized spacial score (nSPS) is 19.7. The largest absolute Gasteiger partial charge is 0.334 e. The lowest BCUT2D eigenvalue weighted by Crippen LogP contribution is -2.54. The van der Waals surface area contributed by atoms with Crippen LogP contribution in [0.5, 0.6) is 0 Å². The number of rotatable bonds is 4. The molecule has 9 aromatic carbocycles. The van der Waals surface area contributed by atoms with Crippen LogP contribution in [0.4, 0.5) is 11.4 Å². The summed E-state index contributed by atoms with van der Waals surface area (Å²) in [7, 11) is 0. The second-order valence-corrected chi connectivity index (χ2v) is 15.9. The number of nitrogens with zero attached hydrogens (tertiary/aromatic N) is 1. The predicted molar refractivity (Wildman–Crippen MR) is 227 cm³/mol. The molecule has 1 heterocycles. The summed E-state index contributed by atoms with van der Waals surface area (Å²) in [5.41, 5.74) is 11.9. The van der Waals surface area contributed by atoms with E-state index in [9.17, 15) is 0 Å². The smallest absolute Gasteiger partial charge is 0.0518 e. The molecule has 1 saturated carbocycles. The Bertz CT molecular complexity index is 2860. The van der Waals surface area contributed by atoms with E-state index in [1.165, 1.54) is 119 Å². The van der Waals surface area contributed by atoms with Crippen molar-refractivity contribution >= 4 is 54.5 Å². The molecule has 1 aliphatic heterocycles. The average molecular weight is 680 g/mol. The number of hydrogen-bond acceptors (Lipinski definition) is 1. The Morgan fingerprint density at radius 1 is 0.415 bits per heavy atom. The van der Waals surface area contributed by atoms with E-state index in [0.29, 0.717) is 0 Å².